The van der Waals surface area contributed by atoms with Crippen LogP contribution in [0.4, 0.5) is 9.18 Å². The largest absolute Gasteiger partial charge is 0.497 e. The van der Waals surface area contributed by atoms with Crippen LogP contribution in [0.3, 0.4) is 0 Å². The Balaban J connectivity index is 2.22. The molecule has 0 aliphatic carbocycles. The normalized spacial score (nSPS) is 16.3. The molecule has 1 atom stereocenters. The summed E-state index contributed by atoms with van der Waals surface area (Å²) in [4.78, 5) is 25.3. The zero-order chi connectivity index (χ0) is 21.1. The number of esters is 1. The lowest BCUT2D eigenvalue weighted by Crippen LogP contribution is -2.46. The Bertz CT molecular complexity index is 953. The zero-order valence-corrected chi connectivity index (χ0v) is 16.8. The van der Waals surface area contributed by atoms with Gasteiger partial charge in [-0.2, -0.15) is 0 Å². The number of rotatable bonds is 5. The third-order valence-electron chi connectivity index (χ3n) is 4.30. The van der Waals surface area contributed by atoms with Crippen molar-refractivity contribution in [1.29, 1.82) is 0 Å². The summed E-state index contributed by atoms with van der Waals surface area (Å²) in [7, 11) is 1.53. The van der Waals surface area contributed by atoms with E-state index in [-0.39, 0.29) is 21.9 Å². The van der Waals surface area contributed by atoms with Crippen molar-refractivity contribution in [1.82, 2.24) is 10.6 Å². The van der Waals surface area contributed by atoms with E-state index in [9.17, 15) is 14.0 Å². The second-order valence-corrected chi connectivity index (χ2v) is 7.05. The van der Waals surface area contributed by atoms with E-state index in [0.29, 0.717) is 11.3 Å². The van der Waals surface area contributed by atoms with Crippen LogP contribution in [0.15, 0.2) is 48.0 Å². The summed E-state index contributed by atoms with van der Waals surface area (Å²) < 4.78 is 25.2. The van der Waals surface area contributed by atoms with Gasteiger partial charge in [-0.25, -0.2) is 14.0 Å². The van der Waals surface area contributed by atoms with Gasteiger partial charge in [0.2, 0.25) is 0 Å². The number of benzene rings is 2. The highest BCUT2D eigenvalue weighted by atomic mass is 35.5. The first-order valence-electron chi connectivity index (χ1n) is 8.92. The van der Waals surface area contributed by atoms with Crippen molar-refractivity contribution in [2.45, 2.75) is 26.0 Å². The summed E-state index contributed by atoms with van der Waals surface area (Å²) in [5, 5.41) is 5.30. The smallest absolute Gasteiger partial charge is 0.338 e. The fourth-order valence-electron chi connectivity index (χ4n) is 3.05. The van der Waals surface area contributed by atoms with Crippen molar-refractivity contribution >= 4 is 29.3 Å². The molecule has 1 unspecified atom stereocenters. The summed E-state index contributed by atoms with van der Waals surface area (Å²) in [6.45, 7) is 3.40. The molecule has 2 aromatic rings. The number of nitrogens with one attached hydrogen (secondary N) is 2. The minimum Gasteiger partial charge on any atom is -0.497 e. The number of urea groups is 1. The van der Waals surface area contributed by atoms with Gasteiger partial charge in [0.1, 0.15) is 11.6 Å². The molecule has 0 saturated carbocycles. The fraction of sp³-hybridized carbons (Fsp3) is 0.238. The highest BCUT2D eigenvalue weighted by molar-refractivity contribution is 6.31. The lowest BCUT2D eigenvalue weighted by Gasteiger charge is -2.30. The molecular formula is C21H20ClFN2O4. The quantitative estimate of drug-likeness (QED) is 0.713. The molecule has 152 valence electrons. The van der Waals surface area contributed by atoms with Crippen LogP contribution in [0.5, 0.6) is 5.75 Å². The summed E-state index contributed by atoms with van der Waals surface area (Å²) in [5.41, 5.74) is 0.793. The molecule has 1 heterocycles. The number of carbonyl (C=O) groups is 2. The Labute approximate surface area is 172 Å². The predicted octanol–water partition coefficient (Wildman–Crippen LogP) is 4.20. The van der Waals surface area contributed by atoms with Gasteiger partial charge >= 0.3 is 12.0 Å². The molecule has 0 fully saturated rings. The van der Waals surface area contributed by atoms with Gasteiger partial charge in [0.05, 0.1) is 30.5 Å². The van der Waals surface area contributed by atoms with Gasteiger partial charge in [-0.15, -0.1) is 0 Å². The van der Waals surface area contributed by atoms with Crippen LogP contribution in [0.2, 0.25) is 5.02 Å². The standard InChI is InChI=1S/C21H20ClFN2O4/c1-11(2)29-20(26)17-18(12-7-9-13(28-3)10-8-12)24-21(27)25-19(17)16-14(22)5-4-6-15(16)23/h4-11,19H,1-3H3,(H2,24,25,27). The summed E-state index contributed by atoms with van der Waals surface area (Å²) >= 11 is 6.22. The molecule has 1 aliphatic rings. The van der Waals surface area contributed by atoms with Crippen molar-refractivity contribution in [3.63, 3.8) is 0 Å². The van der Waals surface area contributed by atoms with Crippen molar-refractivity contribution in [2.75, 3.05) is 7.11 Å². The number of halogens is 2. The fourth-order valence-corrected chi connectivity index (χ4v) is 3.32. The van der Waals surface area contributed by atoms with Crippen molar-refractivity contribution < 1.29 is 23.5 Å². The van der Waals surface area contributed by atoms with E-state index in [4.69, 9.17) is 21.1 Å². The minimum atomic E-state index is -1.12. The second kappa shape index (κ2) is 8.53. The van der Waals surface area contributed by atoms with Crippen LogP contribution < -0.4 is 15.4 Å². The molecular weight excluding hydrogens is 399 g/mol. The van der Waals surface area contributed by atoms with Crippen LogP contribution in [0.25, 0.3) is 5.70 Å². The molecule has 29 heavy (non-hydrogen) atoms. The van der Waals surface area contributed by atoms with Crippen molar-refractivity contribution in [3.05, 3.63) is 70.0 Å². The van der Waals surface area contributed by atoms with Gasteiger partial charge in [-0.05, 0) is 55.8 Å². The van der Waals surface area contributed by atoms with Gasteiger partial charge in [0.25, 0.3) is 0 Å². The number of hydrogen-bond donors (Lipinski definition) is 2. The van der Waals surface area contributed by atoms with E-state index in [2.05, 4.69) is 10.6 Å². The van der Waals surface area contributed by atoms with E-state index < -0.39 is 30.0 Å². The van der Waals surface area contributed by atoms with Crippen LogP contribution in [0.1, 0.15) is 31.0 Å². The van der Waals surface area contributed by atoms with Crippen LogP contribution >= 0.6 is 11.6 Å². The van der Waals surface area contributed by atoms with Gasteiger partial charge in [0, 0.05) is 10.6 Å². The Morgan fingerprint density at radius 3 is 2.45 bits per heavy atom. The maximum Gasteiger partial charge on any atom is 0.338 e. The van der Waals surface area contributed by atoms with Gasteiger partial charge in [-0.3, -0.25) is 0 Å². The van der Waals surface area contributed by atoms with Crippen molar-refractivity contribution in [2.24, 2.45) is 0 Å². The molecule has 0 spiro atoms. The molecule has 8 heteroatoms. The molecule has 0 aromatic heterocycles. The highest BCUT2D eigenvalue weighted by Gasteiger charge is 2.37. The first kappa shape index (κ1) is 20.7. The molecule has 2 amide bonds. The number of carbonyl (C=O) groups excluding carboxylic acids is 2. The summed E-state index contributed by atoms with van der Waals surface area (Å²) in [6, 6.07) is 9.18. The number of hydrogen-bond acceptors (Lipinski definition) is 4. The summed E-state index contributed by atoms with van der Waals surface area (Å²) in [6.07, 6.45) is -0.415. The van der Waals surface area contributed by atoms with Gasteiger partial charge in [0.15, 0.2) is 0 Å². The van der Waals surface area contributed by atoms with E-state index in [1.165, 1.54) is 25.3 Å². The van der Waals surface area contributed by atoms with Gasteiger partial charge < -0.3 is 20.1 Å². The first-order valence-corrected chi connectivity index (χ1v) is 9.30. The third-order valence-corrected chi connectivity index (χ3v) is 4.63. The minimum absolute atomic E-state index is 0.00858. The van der Waals surface area contributed by atoms with Crippen LogP contribution in [0, 0.1) is 5.82 Å². The maximum absolute atomic E-state index is 14.6. The number of ether oxygens (including phenoxy) is 2. The zero-order valence-electron chi connectivity index (χ0n) is 16.1. The molecule has 1 aliphatic heterocycles. The molecule has 3 rings (SSSR count). The Hall–Kier alpha value is -3.06. The lowest BCUT2D eigenvalue weighted by molar-refractivity contribution is -0.143. The predicted molar refractivity (Wildman–Crippen MR) is 107 cm³/mol. The average Bonchev–Trinajstić information content (AvgIpc) is 2.67. The Morgan fingerprint density at radius 2 is 1.86 bits per heavy atom. The lowest BCUT2D eigenvalue weighted by atomic mass is 9.92. The number of amides is 2. The van der Waals surface area contributed by atoms with E-state index in [1.807, 2.05) is 0 Å². The van der Waals surface area contributed by atoms with Crippen LogP contribution in [-0.2, 0) is 9.53 Å². The first-order chi connectivity index (χ1) is 13.8. The summed E-state index contributed by atoms with van der Waals surface area (Å²) in [5.74, 6) is -0.731. The monoisotopic (exact) mass is 418 g/mol. The molecule has 0 radical (unpaired) electrons. The average molecular weight is 419 g/mol. The molecule has 6 nitrogen and oxygen atoms in total. The van der Waals surface area contributed by atoms with E-state index in [0.717, 1.165) is 0 Å². The van der Waals surface area contributed by atoms with E-state index in [1.54, 1.807) is 38.1 Å². The Morgan fingerprint density at radius 1 is 1.17 bits per heavy atom. The maximum atomic E-state index is 14.6. The SMILES string of the molecule is COc1ccc(C2=C(C(=O)OC(C)C)C(c3c(F)cccc3Cl)NC(=O)N2)cc1. The topological polar surface area (TPSA) is 76.7 Å². The molecule has 2 aromatic carbocycles. The second-order valence-electron chi connectivity index (χ2n) is 6.64. The van der Waals surface area contributed by atoms with Gasteiger partial charge in [-0.1, -0.05) is 17.7 Å². The number of methoxy groups -OCH3 is 1. The van der Waals surface area contributed by atoms with E-state index >= 15 is 0 Å². The molecule has 0 bridgehead atoms. The molecule has 0 saturated heterocycles. The van der Waals surface area contributed by atoms with Crippen LogP contribution in [-0.4, -0.2) is 25.2 Å². The third kappa shape index (κ3) is 4.35. The Kier molecular flexibility index (Phi) is 6.08. The molecule has 2 N–H and O–H groups in total. The highest BCUT2D eigenvalue weighted by Crippen LogP contribution is 2.37. The van der Waals surface area contributed by atoms with Crippen molar-refractivity contribution in [3.8, 4) is 5.75 Å².